The van der Waals surface area contributed by atoms with Crippen molar-refractivity contribution >= 4 is 28.4 Å². The number of nitro groups is 1. The summed E-state index contributed by atoms with van der Waals surface area (Å²) in [5.74, 6) is 0.111. The summed E-state index contributed by atoms with van der Waals surface area (Å²) in [4.78, 5) is 44.3. The Morgan fingerprint density at radius 2 is 1.84 bits per heavy atom. The second-order valence-electron chi connectivity index (χ2n) is 8.95. The van der Waals surface area contributed by atoms with E-state index >= 15 is 0 Å². The molecular formula is C24H24N4O4. The average Bonchev–Trinajstić information content (AvgIpc) is 3.14. The van der Waals surface area contributed by atoms with Crippen LogP contribution in [0.3, 0.4) is 0 Å². The van der Waals surface area contributed by atoms with Crippen LogP contribution in [-0.4, -0.2) is 50.7 Å². The number of nitrogens with one attached hydrogen (secondary N) is 1. The van der Waals surface area contributed by atoms with Gasteiger partial charge < -0.3 is 14.8 Å². The van der Waals surface area contributed by atoms with Crippen molar-refractivity contribution in [1.82, 2.24) is 14.8 Å². The molecule has 1 saturated heterocycles. The van der Waals surface area contributed by atoms with E-state index in [1.807, 2.05) is 38.1 Å². The van der Waals surface area contributed by atoms with Crippen LogP contribution in [0, 0.1) is 16.0 Å². The molecule has 8 heteroatoms. The van der Waals surface area contributed by atoms with Crippen LogP contribution in [0.5, 0.6) is 0 Å². The maximum atomic E-state index is 13.5. The Labute approximate surface area is 185 Å². The van der Waals surface area contributed by atoms with Crippen molar-refractivity contribution in [1.29, 1.82) is 0 Å². The van der Waals surface area contributed by atoms with Crippen molar-refractivity contribution in [3.8, 4) is 0 Å². The lowest BCUT2D eigenvalue weighted by Crippen LogP contribution is -2.63. The van der Waals surface area contributed by atoms with Crippen LogP contribution in [0.15, 0.2) is 48.5 Å². The Morgan fingerprint density at radius 1 is 1.12 bits per heavy atom. The number of H-pyrrole nitrogens is 1. The predicted molar refractivity (Wildman–Crippen MR) is 119 cm³/mol. The van der Waals surface area contributed by atoms with E-state index in [-0.39, 0.29) is 30.0 Å². The molecule has 2 aliphatic heterocycles. The fourth-order valence-corrected chi connectivity index (χ4v) is 5.04. The van der Waals surface area contributed by atoms with Gasteiger partial charge in [0, 0.05) is 41.7 Å². The number of fused-ring (bicyclic) bond motifs is 4. The summed E-state index contributed by atoms with van der Waals surface area (Å²) >= 11 is 0. The van der Waals surface area contributed by atoms with Crippen LogP contribution >= 0.6 is 0 Å². The van der Waals surface area contributed by atoms with Crippen molar-refractivity contribution in [2.75, 3.05) is 13.1 Å². The van der Waals surface area contributed by atoms with Gasteiger partial charge in [-0.05, 0) is 35.2 Å². The molecule has 32 heavy (non-hydrogen) atoms. The van der Waals surface area contributed by atoms with Gasteiger partial charge in [-0.3, -0.25) is 19.7 Å². The highest BCUT2D eigenvalue weighted by Gasteiger charge is 2.48. The van der Waals surface area contributed by atoms with Crippen molar-refractivity contribution in [2.45, 2.75) is 32.4 Å². The molecule has 5 rings (SSSR count). The first kappa shape index (κ1) is 20.2. The second-order valence-corrected chi connectivity index (χ2v) is 8.95. The van der Waals surface area contributed by atoms with E-state index in [0.29, 0.717) is 13.0 Å². The minimum Gasteiger partial charge on any atom is -0.356 e. The molecule has 0 bridgehead atoms. The molecule has 2 aromatic carbocycles. The lowest BCUT2D eigenvalue weighted by Gasteiger charge is -2.47. The molecule has 0 unspecified atom stereocenters. The number of carbonyl (C=O) groups excluding carboxylic acids is 2. The highest BCUT2D eigenvalue weighted by atomic mass is 16.6. The molecule has 1 fully saturated rings. The Morgan fingerprint density at radius 3 is 2.53 bits per heavy atom. The van der Waals surface area contributed by atoms with Crippen LogP contribution in [0.2, 0.25) is 0 Å². The minimum absolute atomic E-state index is 0.0119. The van der Waals surface area contributed by atoms with Crippen LogP contribution in [0.25, 0.3) is 10.9 Å². The molecule has 2 atom stereocenters. The van der Waals surface area contributed by atoms with Gasteiger partial charge in [-0.1, -0.05) is 32.0 Å². The number of hydrogen-bond donors (Lipinski definition) is 1. The van der Waals surface area contributed by atoms with E-state index < -0.39 is 17.0 Å². The zero-order valence-electron chi connectivity index (χ0n) is 17.9. The number of aromatic nitrogens is 1. The molecule has 1 N–H and O–H groups in total. The van der Waals surface area contributed by atoms with Crippen molar-refractivity contribution < 1.29 is 14.5 Å². The molecular weight excluding hydrogens is 408 g/mol. The molecule has 3 aromatic rings. The number of piperazine rings is 1. The minimum atomic E-state index is -0.595. The van der Waals surface area contributed by atoms with E-state index in [9.17, 15) is 19.7 Å². The number of aromatic amines is 1. The summed E-state index contributed by atoms with van der Waals surface area (Å²) in [5.41, 5.74) is 3.57. The summed E-state index contributed by atoms with van der Waals surface area (Å²) in [6, 6.07) is 13.1. The van der Waals surface area contributed by atoms with E-state index in [4.69, 9.17) is 0 Å². The summed E-state index contributed by atoms with van der Waals surface area (Å²) in [6.07, 6.45) is 0.446. The summed E-state index contributed by atoms with van der Waals surface area (Å²) in [7, 11) is 0. The third-order valence-corrected chi connectivity index (χ3v) is 6.35. The van der Waals surface area contributed by atoms with Crippen LogP contribution in [0.4, 0.5) is 5.69 Å². The Bertz CT molecular complexity index is 1230. The third kappa shape index (κ3) is 3.14. The quantitative estimate of drug-likeness (QED) is 0.504. The number of hydrogen-bond acceptors (Lipinski definition) is 4. The zero-order chi connectivity index (χ0) is 22.6. The van der Waals surface area contributed by atoms with Gasteiger partial charge in [-0.15, -0.1) is 0 Å². The summed E-state index contributed by atoms with van der Waals surface area (Å²) in [6.45, 7) is 4.65. The molecule has 2 amide bonds. The van der Waals surface area contributed by atoms with Gasteiger partial charge in [-0.25, -0.2) is 0 Å². The molecule has 2 aliphatic rings. The monoisotopic (exact) mass is 432 g/mol. The van der Waals surface area contributed by atoms with Gasteiger partial charge in [0.2, 0.25) is 11.8 Å². The van der Waals surface area contributed by atoms with E-state index in [1.165, 1.54) is 12.1 Å². The summed E-state index contributed by atoms with van der Waals surface area (Å²) < 4.78 is 0. The molecule has 3 heterocycles. The molecule has 0 aliphatic carbocycles. The second kappa shape index (κ2) is 7.47. The molecule has 8 nitrogen and oxygen atoms in total. The van der Waals surface area contributed by atoms with Crippen LogP contribution in [-0.2, 0) is 16.0 Å². The van der Waals surface area contributed by atoms with Gasteiger partial charge in [0.1, 0.15) is 6.04 Å². The van der Waals surface area contributed by atoms with Gasteiger partial charge >= 0.3 is 0 Å². The fraction of sp³-hybridized carbons (Fsp3) is 0.333. The van der Waals surface area contributed by atoms with Crippen molar-refractivity contribution in [3.05, 3.63) is 75.5 Å². The molecule has 0 spiro atoms. The van der Waals surface area contributed by atoms with Gasteiger partial charge in [0.15, 0.2) is 0 Å². The zero-order valence-corrected chi connectivity index (χ0v) is 17.9. The fourth-order valence-electron chi connectivity index (χ4n) is 5.04. The number of amides is 2. The number of non-ortho nitro benzene ring substituents is 1. The number of para-hydroxylation sites is 1. The van der Waals surface area contributed by atoms with E-state index in [1.54, 1.807) is 21.9 Å². The number of carbonyl (C=O) groups is 2. The average molecular weight is 432 g/mol. The van der Waals surface area contributed by atoms with E-state index in [2.05, 4.69) is 4.98 Å². The molecule has 0 radical (unpaired) electrons. The van der Waals surface area contributed by atoms with Crippen molar-refractivity contribution in [2.24, 2.45) is 5.92 Å². The maximum absolute atomic E-state index is 13.5. The van der Waals surface area contributed by atoms with E-state index in [0.717, 1.165) is 27.7 Å². The van der Waals surface area contributed by atoms with Crippen LogP contribution < -0.4 is 0 Å². The predicted octanol–water partition coefficient (Wildman–Crippen LogP) is 3.42. The highest BCUT2D eigenvalue weighted by molar-refractivity contribution is 5.97. The lowest BCUT2D eigenvalue weighted by atomic mass is 9.86. The standard InChI is InChI=1S/C24H24N4O4/c1-14(2)12-26-13-21(29)27-20(24(26)30)11-18-17-5-3-4-6-19(17)25-22(18)23(27)15-7-9-16(10-8-15)28(31)32/h3-10,14,20,23,25H,11-13H2,1-2H3/t20-,23+/m1/s1. The number of nitrogens with zero attached hydrogens (tertiary/aromatic N) is 3. The molecule has 1 aromatic heterocycles. The lowest BCUT2D eigenvalue weighted by molar-refractivity contribution is -0.384. The van der Waals surface area contributed by atoms with Gasteiger partial charge in [0.25, 0.3) is 5.69 Å². The van der Waals surface area contributed by atoms with Gasteiger partial charge in [-0.2, -0.15) is 0 Å². The largest absolute Gasteiger partial charge is 0.356 e. The molecule has 164 valence electrons. The number of benzene rings is 2. The highest BCUT2D eigenvalue weighted by Crippen LogP contribution is 2.42. The Kier molecular flexibility index (Phi) is 4.73. The summed E-state index contributed by atoms with van der Waals surface area (Å²) in [5, 5.41) is 12.2. The topological polar surface area (TPSA) is 99.5 Å². The van der Waals surface area contributed by atoms with Gasteiger partial charge in [0.05, 0.1) is 17.5 Å². The first-order valence-corrected chi connectivity index (χ1v) is 10.8. The third-order valence-electron chi connectivity index (χ3n) is 6.35. The first-order valence-electron chi connectivity index (χ1n) is 10.8. The maximum Gasteiger partial charge on any atom is 0.269 e. The Balaban J connectivity index is 1.66. The van der Waals surface area contributed by atoms with Crippen LogP contribution in [0.1, 0.15) is 36.7 Å². The SMILES string of the molecule is CC(C)CN1CC(=O)N2[C@@H](c3ccc([N+](=O)[O-])cc3)c3[nH]c4ccccc4c3C[C@@H]2C1=O. The number of nitro benzene ring substituents is 1. The molecule has 0 saturated carbocycles. The number of rotatable bonds is 4. The normalized spacial score (nSPS) is 20.6. The first-order chi connectivity index (χ1) is 15.3. The smallest absolute Gasteiger partial charge is 0.269 e. The van der Waals surface area contributed by atoms with Crippen molar-refractivity contribution in [3.63, 3.8) is 0 Å². The Hall–Kier alpha value is -3.68.